The van der Waals surface area contributed by atoms with Crippen molar-refractivity contribution in [3.63, 3.8) is 0 Å². The molecular weight excluding hydrogens is 196 g/mol. The number of nitrogens with zero attached hydrogens (tertiary/aromatic N) is 1. The van der Waals surface area contributed by atoms with Crippen molar-refractivity contribution in [3.05, 3.63) is 0 Å². The molecule has 1 aliphatic rings. The fraction of sp³-hybridized carbons (Fsp3) is 1.00. The molecule has 0 radical (unpaired) electrons. The first-order chi connectivity index (χ1) is 7.65. The molecule has 96 valence electrons. The van der Waals surface area contributed by atoms with Crippen LogP contribution in [0.15, 0.2) is 0 Å². The summed E-state index contributed by atoms with van der Waals surface area (Å²) in [4.78, 5) is 2.53. The molecule has 1 saturated carbocycles. The van der Waals surface area contributed by atoms with Crippen molar-refractivity contribution in [2.45, 2.75) is 46.0 Å². The smallest absolute Gasteiger partial charge is 0.000672 e. The minimum atomic E-state index is 0.816. The summed E-state index contributed by atoms with van der Waals surface area (Å²) in [6.45, 7) is 8.08. The highest BCUT2D eigenvalue weighted by Crippen LogP contribution is 2.28. The number of rotatable bonds is 6. The Morgan fingerprint density at radius 3 is 2.25 bits per heavy atom. The van der Waals surface area contributed by atoms with Crippen molar-refractivity contribution < 1.29 is 0 Å². The number of hydrogen-bond acceptors (Lipinski definition) is 2. The molecule has 0 aromatic rings. The molecule has 0 aromatic carbocycles. The second kappa shape index (κ2) is 7.29. The molecule has 0 heterocycles. The van der Waals surface area contributed by atoms with E-state index in [1.165, 1.54) is 45.2 Å². The monoisotopic (exact) mass is 226 g/mol. The van der Waals surface area contributed by atoms with Crippen LogP contribution in [-0.2, 0) is 0 Å². The molecule has 0 amide bonds. The molecule has 1 atom stereocenters. The zero-order chi connectivity index (χ0) is 12.0. The van der Waals surface area contributed by atoms with Gasteiger partial charge in [0.2, 0.25) is 0 Å². The van der Waals surface area contributed by atoms with Gasteiger partial charge in [-0.25, -0.2) is 0 Å². The summed E-state index contributed by atoms with van der Waals surface area (Å²) in [7, 11) is 2.28. The highest BCUT2D eigenvalue weighted by atomic mass is 15.1. The maximum Gasteiger partial charge on any atom is 0.000672 e. The van der Waals surface area contributed by atoms with Crippen LogP contribution in [0.4, 0.5) is 0 Å². The zero-order valence-corrected chi connectivity index (χ0v) is 11.4. The van der Waals surface area contributed by atoms with Gasteiger partial charge in [0.1, 0.15) is 0 Å². The third-order valence-electron chi connectivity index (χ3n) is 4.19. The SMILES string of the molecule is CCC(C)CN(C)CC1CCC(CN)CC1. The summed E-state index contributed by atoms with van der Waals surface area (Å²) in [5.41, 5.74) is 5.72. The van der Waals surface area contributed by atoms with Crippen LogP contribution in [0.2, 0.25) is 0 Å². The molecule has 1 fully saturated rings. The van der Waals surface area contributed by atoms with Crippen molar-refractivity contribution in [1.29, 1.82) is 0 Å². The number of nitrogens with two attached hydrogens (primary N) is 1. The van der Waals surface area contributed by atoms with Crippen molar-refractivity contribution in [3.8, 4) is 0 Å². The normalized spacial score (nSPS) is 28.3. The molecule has 16 heavy (non-hydrogen) atoms. The van der Waals surface area contributed by atoms with Crippen LogP contribution in [0.1, 0.15) is 46.0 Å². The molecule has 0 saturated heterocycles. The predicted octanol–water partition coefficient (Wildman–Crippen LogP) is 2.73. The van der Waals surface area contributed by atoms with Crippen LogP contribution in [0, 0.1) is 17.8 Å². The second-order valence-corrected chi connectivity index (χ2v) is 5.86. The van der Waals surface area contributed by atoms with E-state index in [9.17, 15) is 0 Å². The molecule has 1 aliphatic carbocycles. The minimum absolute atomic E-state index is 0.816. The van der Waals surface area contributed by atoms with E-state index in [0.717, 1.165) is 24.3 Å². The van der Waals surface area contributed by atoms with Gasteiger partial charge < -0.3 is 10.6 Å². The predicted molar refractivity (Wildman–Crippen MR) is 71.5 cm³/mol. The Kier molecular flexibility index (Phi) is 6.37. The van der Waals surface area contributed by atoms with E-state index in [2.05, 4.69) is 25.8 Å². The highest BCUT2D eigenvalue weighted by Gasteiger charge is 2.21. The lowest BCUT2D eigenvalue weighted by Gasteiger charge is -2.31. The lowest BCUT2D eigenvalue weighted by atomic mass is 9.82. The summed E-state index contributed by atoms with van der Waals surface area (Å²) in [6.07, 6.45) is 6.81. The van der Waals surface area contributed by atoms with Gasteiger partial charge >= 0.3 is 0 Å². The summed E-state index contributed by atoms with van der Waals surface area (Å²) in [5, 5.41) is 0. The summed E-state index contributed by atoms with van der Waals surface area (Å²) >= 11 is 0. The Hall–Kier alpha value is -0.0800. The molecule has 2 N–H and O–H groups in total. The quantitative estimate of drug-likeness (QED) is 0.754. The fourth-order valence-electron chi connectivity index (χ4n) is 2.83. The van der Waals surface area contributed by atoms with Crippen LogP contribution in [-0.4, -0.2) is 31.6 Å². The Balaban J connectivity index is 2.17. The van der Waals surface area contributed by atoms with E-state index in [4.69, 9.17) is 5.73 Å². The van der Waals surface area contributed by atoms with Crippen LogP contribution in [0.25, 0.3) is 0 Å². The van der Waals surface area contributed by atoms with Crippen molar-refractivity contribution in [1.82, 2.24) is 4.90 Å². The maximum atomic E-state index is 5.72. The third kappa shape index (κ3) is 4.84. The highest BCUT2D eigenvalue weighted by molar-refractivity contribution is 4.75. The summed E-state index contributed by atoms with van der Waals surface area (Å²) in [6, 6.07) is 0. The third-order valence-corrected chi connectivity index (χ3v) is 4.19. The van der Waals surface area contributed by atoms with Gasteiger partial charge in [-0.1, -0.05) is 20.3 Å². The first kappa shape index (κ1) is 14.0. The molecule has 2 heteroatoms. The molecule has 2 nitrogen and oxygen atoms in total. The van der Waals surface area contributed by atoms with E-state index in [0.29, 0.717) is 0 Å². The van der Waals surface area contributed by atoms with Crippen LogP contribution in [0.5, 0.6) is 0 Å². The van der Waals surface area contributed by atoms with Gasteiger partial charge in [-0.3, -0.25) is 0 Å². The molecule has 0 bridgehead atoms. The number of hydrogen-bond donors (Lipinski definition) is 1. The Labute approximate surface area is 102 Å². The van der Waals surface area contributed by atoms with E-state index < -0.39 is 0 Å². The molecule has 0 aromatic heterocycles. The van der Waals surface area contributed by atoms with Crippen LogP contribution >= 0.6 is 0 Å². The Morgan fingerprint density at radius 1 is 1.19 bits per heavy atom. The first-order valence-corrected chi connectivity index (χ1v) is 7.04. The van der Waals surface area contributed by atoms with Crippen LogP contribution in [0.3, 0.4) is 0 Å². The average Bonchev–Trinajstić information content (AvgIpc) is 2.29. The summed E-state index contributed by atoms with van der Waals surface area (Å²) in [5.74, 6) is 2.58. The van der Waals surface area contributed by atoms with Crippen molar-refractivity contribution in [2.75, 3.05) is 26.7 Å². The van der Waals surface area contributed by atoms with Gasteiger partial charge in [0.05, 0.1) is 0 Å². The topological polar surface area (TPSA) is 29.3 Å². The maximum absolute atomic E-state index is 5.72. The van der Waals surface area contributed by atoms with Gasteiger partial charge in [0.25, 0.3) is 0 Å². The van der Waals surface area contributed by atoms with Gasteiger partial charge in [0, 0.05) is 13.1 Å². The van der Waals surface area contributed by atoms with Crippen molar-refractivity contribution in [2.24, 2.45) is 23.5 Å². The van der Waals surface area contributed by atoms with Gasteiger partial charge in [-0.05, 0) is 57.0 Å². The summed E-state index contributed by atoms with van der Waals surface area (Å²) < 4.78 is 0. The Bertz CT molecular complexity index is 174. The van der Waals surface area contributed by atoms with E-state index in [1.807, 2.05) is 0 Å². The van der Waals surface area contributed by atoms with Gasteiger partial charge in [0.15, 0.2) is 0 Å². The molecule has 0 aliphatic heterocycles. The largest absolute Gasteiger partial charge is 0.330 e. The second-order valence-electron chi connectivity index (χ2n) is 5.86. The lowest BCUT2D eigenvalue weighted by molar-refractivity contribution is 0.190. The standard InChI is InChI=1S/C14H30N2/c1-4-12(2)10-16(3)11-14-7-5-13(9-15)6-8-14/h12-14H,4-11,15H2,1-3H3. The fourth-order valence-corrected chi connectivity index (χ4v) is 2.83. The molecule has 1 unspecified atom stereocenters. The average molecular weight is 226 g/mol. The van der Waals surface area contributed by atoms with Gasteiger partial charge in [-0.2, -0.15) is 0 Å². The lowest BCUT2D eigenvalue weighted by Crippen LogP contribution is -2.32. The zero-order valence-electron chi connectivity index (χ0n) is 11.4. The van der Waals surface area contributed by atoms with Crippen molar-refractivity contribution >= 4 is 0 Å². The van der Waals surface area contributed by atoms with E-state index >= 15 is 0 Å². The molecule has 1 rings (SSSR count). The van der Waals surface area contributed by atoms with E-state index in [1.54, 1.807) is 0 Å². The van der Waals surface area contributed by atoms with E-state index in [-0.39, 0.29) is 0 Å². The van der Waals surface area contributed by atoms with Gasteiger partial charge in [-0.15, -0.1) is 0 Å². The molecule has 0 spiro atoms. The minimum Gasteiger partial charge on any atom is -0.330 e. The molecular formula is C14H30N2. The van der Waals surface area contributed by atoms with Crippen LogP contribution < -0.4 is 5.73 Å². The Morgan fingerprint density at radius 2 is 1.75 bits per heavy atom. The first-order valence-electron chi connectivity index (χ1n) is 7.04.